The molecule has 0 aliphatic carbocycles. The highest BCUT2D eigenvalue weighted by molar-refractivity contribution is 5.32. The average Bonchev–Trinajstić information content (AvgIpc) is 2.45. The van der Waals surface area contributed by atoms with Gasteiger partial charge in [-0.15, -0.1) is 0 Å². The van der Waals surface area contributed by atoms with Crippen molar-refractivity contribution in [2.24, 2.45) is 0 Å². The molecule has 0 spiro atoms. The molecule has 0 unspecified atom stereocenters. The molecule has 0 fully saturated rings. The molecule has 0 atom stereocenters. The number of alkyl halides is 3. The van der Waals surface area contributed by atoms with Crippen LogP contribution in [-0.4, -0.2) is 4.98 Å². The number of rotatable bonds is 3. The zero-order chi connectivity index (χ0) is 14.6. The number of aromatic nitrogens is 1. The molecular weight excluding hydrogens is 269 g/mol. The van der Waals surface area contributed by atoms with Gasteiger partial charge in [-0.2, -0.15) is 18.4 Å². The van der Waals surface area contributed by atoms with Crippen LogP contribution in [-0.2, 0) is 12.8 Å². The Morgan fingerprint density at radius 2 is 1.85 bits per heavy atom. The summed E-state index contributed by atoms with van der Waals surface area (Å²) in [7, 11) is 0. The van der Waals surface area contributed by atoms with E-state index in [4.69, 9.17) is 10.00 Å². The van der Waals surface area contributed by atoms with Crippen molar-refractivity contribution in [3.8, 4) is 11.8 Å². The predicted octanol–water partition coefficient (Wildman–Crippen LogP) is 3.55. The second kappa shape index (κ2) is 5.61. The molecule has 2 aromatic rings. The van der Waals surface area contributed by atoms with Crippen LogP contribution >= 0.6 is 0 Å². The van der Waals surface area contributed by atoms with Crippen molar-refractivity contribution in [2.45, 2.75) is 12.8 Å². The van der Waals surface area contributed by atoms with Crippen LogP contribution in [0.2, 0.25) is 0 Å². The second-order valence-corrected chi connectivity index (χ2v) is 3.93. The Kier molecular flexibility index (Phi) is 3.89. The average molecular weight is 278 g/mol. The number of nitriles is 1. The van der Waals surface area contributed by atoms with Crippen LogP contribution < -0.4 is 4.74 Å². The maximum atomic E-state index is 12.4. The van der Waals surface area contributed by atoms with Crippen LogP contribution in [0.1, 0.15) is 16.8 Å². The Balaban J connectivity index is 2.07. The summed E-state index contributed by atoms with van der Waals surface area (Å²) < 4.78 is 42.5. The van der Waals surface area contributed by atoms with Gasteiger partial charge in [0.1, 0.15) is 24.1 Å². The quantitative estimate of drug-likeness (QED) is 0.862. The van der Waals surface area contributed by atoms with E-state index in [0.717, 1.165) is 12.1 Å². The molecule has 0 amide bonds. The first-order valence-corrected chi connectivity index (χ1v) is 5.65. The highest BCUT2D eigenvalue weighted by Gasteiger charge is 2.29. The van der Waals surface area contributed by atoms with E-state index in [1.807, 2.05) is 6.07 Å². The summed E-state index contributed by atoms with van der Waals surface area (Å²) in [6.07, 6.45) is -2.88. The SMILES string of the molecule is N#Cc1ncccc1COc1ccc(C(F)(F)F)cc1. The molecule has 0 saturated heterocycles. The third-order valence-electron chi connectivity index (χ3n) is 2.57. The minimum absolute atomic E-state index is 0.0715. The lowest BCUT2D eigenvalue weighted by Crippen LogP contribution is -2.04. The van der Waals surface area contributed by atoms with E-state index in [2.05, 4.69) is 4.98 Å². The molecule has 20 heavy (non-hydrogen) atoms. The van der Waals surface area contributed by atoms with E-state index in [-0.39, 0.29) is 12.3 Å². The Labute approximate surface area is 113 Å². The van der Waals surface area contributed by atoms with Crippen molar-refractivity contribution < 1.29 is 17.9 Å². The molecule has 1 heterocycles. The van der Waals surface area contributed by atoms with E-state index < -0.39 is 11.7 Å². The fraction of sp³-hybridized carbons (Fsp3) is 0.143. The van der Waals surface area contributed by atoms with Gasteiger partial charge in [-0.3, -0.25) is 0 Å². The fourth-order valence-corrected chi connectivity index (χ4v) is 1.56. The summed E-state index contributed by atoms with van der Waals surface area (Å²) >= 11 is 0. The van der Waals surface area contributed by atoms with Crippen molar-refractivity contribution in [1.29, 1.82) is 5.26 Å². The molecule has 0 N–H and O–H groups in total. The van der Waals surface area contributed by atoms with E-state index in [1.54, 1.807) is 12.1 Å². The van der Waals surface area contributed by atoms with Crippen LogP contribution in [0.15, 0.2) is 42.6 Å². The highest BCUT2D eigenvalue weighted by Crippen LogP contribution is 2.30. The fourth-order valence-electron chi connectivity index (χ4n) is 1.56. The van der Waals surface area contributed by atoms with Gasteiger partial charge >= 0.3 is 6.18 Å². The minimum atomic E-state index is -4.37. The molecule has 0 aliphatic rings. The third kappa shape index (κ3) is 3.26. The van der Waals surface area contributed by atoms with Gasteiger partial charge in [0.25, 0.3) is 0 Å². The Hall–Kier alpha value is -2.55. The number of halogens is 3. The molecular formula is C14H9F3N2O. The molecule has 3 nitrogen and oxygen atoms in total. The summed E-state index contributed by atoms with van der Waals surface area (Å²) in [6.45, 7) is 0.0715. The normalized spacial score (nSPS) is 10.9. The largest absolute Gasteiger partial charge is 0.489 e. The molecule has 2 rings (SSSR count). The number of hydrogen-bond acceptors (Lipinski definition) is 3. The zero-order valence-corrected chi connectivity index (χ0v) is 10.2. The van der Waals surface area contributed by atoms with E-state index in [1.165, 1.54) is 18.3 Å². The molecule has 1 aromatic carbocycles. The number of nitrogens with zero attached hydrogens (tertiary/aromatic N) is 2. The summed E-state index contributed by atoms with van der Waals surface area (Å²) in [5.41, 5.74) is 0.0817. The topological polar surface area (TPSA) is 45.9 Å². The van der Waals surface area contributed by atoms with Gasteiger partial charge in [0.15, 0.2) is 0 Å². The van der Waals surface area contributed by atoms with Crippen LogP contribution in [0.3, 0.4) is 0 Å². The molecule has 6 heteroatoms. The monoisotopic (exact) mass is 278 g/mol. The maximum Gasteiger partial charge on any atom is 0.416 e. The number of pyridine rings is 1. The lowest BCUT2D eigenvalue weighted by atomic mass is 10.2. The number of benzene rings is 1. The van der Waals surface area contributed by atoms with Gasteiger partial charge in [0, 0.05) is 11.8 Å². The molecule has 102 valence electrons. The first kappa shape index (κ1) is 13.9. The van der Waals surface area contributed by atoms with Crippen molar-refractivity contribution >= 4 is 0 Å². The Bertz CT molecular complexity index is 630. The van der Waals surface area contributed by atoms with Gasteiger partial charge in [0.2, 0.25) is 0 Å². The van der Waals surface area contributed by atoms with Crippen LogP contribution in [0.5, 0.6) is 5.75 Å². The standard InChI is InChI=1S/C14H9F3N2O/c15-14(16,17)11-3-5-12(6-4-11)20-9-10-2-1-7-19-13(10)8-18/h1-7H,9H2. The van der Waals surface area contributed by atoms with Crippen molar-refractivity contribution in [1.82, 2.24) is 4.98 Å². The summed E-state index contributed by atoms with van der Waals surface area (Å²) in [4.78, 5) is 3.87. The van der Waals surface area contributed by atoms with Gasteiger partial charge in [-0.05, 0) is 30.3 Å². The lowest BCUT2D eigenvalue weighted by Gasteiger charge is -2.09. The Morgan fingerprint density at radius 1 is 1.15 bits per heavy atom. The van der Waals surface area contributed by atoms with Gasteiger partial charge in [-0.25, -0.2) is 4.98 Å². The van der Waals surface area contributed by atoms with Gasteiger partial charge < -0.3 is 4.74 Å². The highest BCUT2D eigenvalue weighted by atomic mass is 19.4. The van der Waals surface area contributed by atoms with E-state index in [0.29, 0.717) is 11.3 Å². The molecule has 0 saturated carbocycles. The van der Waals surface area contributed by atoms with E-state index in [9.17, 15) is 13.2 Å². The molecule has 0 bridgehead atoms. The van der Waals surface area contributed by atoms with E-state index >= 15 is 0 Å². The molecule has 1 aromatic heterocycles. The molecule has 0 aliphatic heterocycles. The van der Waals surface area contributed by atoms with Crippen LogP contribution in [0.25, 0.3) is 0 Å². The number of ether oxygens (including phenoxy) is 1. The van der Waals surface area contributed by atoms with Crippen LogP contribution in [0, 0.1) is 11.3 Å². The third-order valence-corrected chi connectivity index (χ3v) is 2.57. The summed E-state index contributed by atoms with van der Waals surface area (Å²) in [5, 5.41) is 8.85. The summed E-state index contributed by atoms with van der Waals surface area (Å²) in [6, 6.07) is 9.64. The first-order valence-electron chi connectivity index (χ1n) is 5.65. The second-order valence-electron chi connectivity index (χ2n) is 3.93. The van der Waals surface area contributed by atoms with Crippen molar-refractivity contribution in [3.05, 3.63) is 59.4 Å². The minimum Gasteiger partial charge on any atom is -0.489 e. The Morgan fingerprint density at radius 3 is 2.45 bits per heavy atom. The van der Waals surface area contributed by atoms with Crippen molar-refractivity contribution in [2.75, 3.05) is 0 Å². The maximum absolute atomic E-state index is 12.4. The molecule has 0 radical (unpaired) electrons. The van der Waals surface area contributed by atoms with Crippen molar-refractivity contribution in [3.63, 3.8) is 0 Å². The smallest absolute Gasteiger partial charge is 0.416 e. The lowest BCUT2D eigenvalue weighted by molar-refractivity contribution is -0.137. The van der Waals surface area contributed by atoms with Gasteiger partial charge in [0.05, 0.1) is 5.56 Å². The summed E-state index contributed by atoms with van der Waals surface area (Å²) in [5.74, 6) is 0.297. The zero-order valence-electron chi connectivity index (χ0n) is 10.2. The number of hydrogen-bond donors (Lipinski definition) is 0. The van der Waals surface area contributed by atoms with Gasteiger partial charge in [-0.1, -0.05) is 6.07 Å². The van der Waals surface area contributed by atoms with Crippen LogP contribution in [0.4, 0.5) is 13.2 Å². The predicted molar refractivity (Wildman–Crippen MR) is 64.7 cm³/mol. The first-order chi connectivity index (χ1) is 9.50.